The van der Waals surface area contributed by atoms with Crippen molar-refractivity contribution in [3.63, 3.8) is 0 Å². The third-order valence-electron chi connectivity index (χ3n) is 4.89. The highest BCUT2D eigenvalue weighted by Crippen LogP contribution is 2.28. The summed E-state index contributed by atoms with van der Waals surface area (Å²) in [5, 5.41) is 14.3. The Labute approximate surface area is 191 Å². The number of phenolic OH excluding ortho intramolecular Hbond substituents is 1. The Morgan fingerprint density at radius 2 is 1.91 bits per heavy atom. The molecule has 1 heterocycles. The van der Waals surface area contributed by atoms with Crippen molar-refractivity contribution in [1.82, 2.24) is 9.99 Å². The number of benzene rings is 2. The number of amides is 1. The van der Waals surface area contributed by atoms with Crippen LogP contribution < -0.4 is 5.43 Å². The fourth-order valence-corrected chi connectivity index (χ4v) is 3.37. The number of para-hydroxylation sites is 1. The van der Waals surface area contributed by atoms with Gasteiger partial charge in [-0.3, -0.25) is 4.79 Å². The van der Waals surface area contributed by atoms with E-state index in [9.17, 15) is 14.7 Å². The van der Waals surface area contributed by atoms with Gasteiger partial charge in [0, 0.05) is 34.9 Å². The molecule has 0 aliphatic carbocycles. The summed E-state index contributed by atoms with van der Waals surface area (Å²) in [5.41, 5.74) is 5.77. The molecular weight excluding hydrogens is 430 g/mol. The molecule has 8 heteroatoms. The lowest BCUT2D eigenvalue weighted by Gasteiger charge is -2.12. The maximum atomic E-state index is 12.4. The topological polar surface area (TPSA) is 92.9 Å². The molecule has 0 spiro atoms. The molecular formula is C24H24ClN3O4. The molecule has 0 saturated heterocycles. The van der Waals surface area contributed by atoms with Gasteiger partial charge in [0.15, 0.2) is 0 Å². The minimum atomic E-state index is -0.407. The second kappa shape index (κ2) is 10.6. The molecule has 1 aromatic heterocycles. The number of esters is 1. The van der Waals surface area contributed by atoms with E-state index < -0.39 is 5.97 Å². The number of nitrogens with one attached hydrogen (secondary N) is 1. The van der Waals surface area contributed by atoms with E-state index in [1.807, 2.05) is 23.6 Å². The van der Waals surface area contributed by atoms with Crippen LogP contribution in [0.15, 0.2) is 59.7 Å². The molecule has 3 rings (SSSR count). The van der Waals surface area contributed by atoms with Crippen LogP contribution in [0.2, 0.25) is 5.02 Å². The van der Waals surface area contributed by atoms with Crippen LogP contribution in [-0.4, -0.2) is 34.4 Å². The summed E-state index contributed by atoms with van der Waals surface area (Å²) >= 11 is 6.01. The highest BCUT2D eigenvalue weighted by molar-refractivity contribution is 6.30. The van der Waals surface area contributed by atoms with E-state index in [2.05, 4.69) is 10.5 Å². The molecule has 1 amide bonds. The normalized spacial score (nSPS) is 11.0. The minimum absolute atomic E-state index is 0.0764. The number of hydrogen-bond donors (Lipinski definition) is 2. The molecule has 0 fully saturated rings. The number of ether oxygens (including phenoxy) is 1. The van der Waals surface area contributed by atoms with Crippen LogP contribution in [-0.2, 0) is 16.1 Å². The van der Waals surface area contributed by atoms with Crippen molar-refractivity contribution in [2.75, 3.05) is 6.61 Å². The van der Waals surface area contributed by atoms with Gasteiger partial charge < -0.3 is 14.4 Å². The number of carbonyl (C=O) groups is 2. The lowest BCUT2D eigenvalue weighted by atomic mass is 10.1. The zero-order valence-corrected chi connectivity index (χ0v) is 18.6. The molecule has 166 valence electrons. The van der Waals surface area contributed by atoms with E-state index in [0.717, 1.165) is 11.3 Å². The first-order chi connectivity index (χ1) is 15.4. The lowest BCUT2D eigenvalue weighted by Crippen LogP contribution is -2.20. The fourth-order valence-electron chi connectivity index (χ4n) is 3.25. The van der Waals surface area contributed by atoms with Gasteiger partial charge in [0.2, 0.25) is 5.91 Å². The number of hydrogen-bond acceptors (Lipinski definition) is 5. The quantitative estimate of drug-likeness (QED) is 0.297. The Morgan fingerprint density at radius 3 is 2.59 bits per heavy atom. The number of carbonyl (C=O) groups excluding carboxylic acids is 2. The standard InChI is InChI=1S/C24H24ClN3O4/c1-3-32-24(31)20-14-21(17-8-10-19(25)11-9-17)28(16(20)2)13-12-23(30)27-26-15-18-6-4-5-7-22(18)29/h4-11,14-15,29H,3,12-13H2,1-2H3,(H,27,30)/b26-15+. The van der Waals surface area contributed by atoms with Gasteiger partial charge in [0.1, 0.15) is 5.75 Å². The Kier molecular flexibility index (Phi) is 7.68. The molecule has 2 N–H and O–H groups in total. The molecule has 0 unspecified atom stereocenters. The van der Waals surface area contributed by atoms with Crippen molar-refractivity contribution in [1.29, 1.82) is 0 Å². The summed E-state index contributed by atoms with van der Waals surface area (Å²) < 4.78 is 7.07. The first kappa shape index (κ1) is 23.1. The number of aromatic nitrogens is 1. The van der Waals surface area contributed by atoms with Crippen LogP contribution in [0.1, 0.15) is 35.0 Å². The van der Waals surface area contributed by atoms with Gasteiger partial charge in [0.25, 0.3) is 0 Å². The highest BCUT2D eigenvalue weighted by Gasteiger charge is 2.20. The first-order valence-corrected chi connectivity index (χ1v) is 10.5. The van der Waals surface area contributed by atoms with Gasteiger partial charge in [-0.25, -0.2) is 10.2 Å². The number of aromatic hydroxyl groups is 1. The fraction of sp³-hybridized carbons (Fsp3) is 0.208. The minimum Gasteiger partial charge on any atom is -0.507 e. The van der Waals surface area contributed by atoms with E-state index in [4.69, 9.17) is 16.3 Å². The molecule has 0 aliphatic rings. The SMILES string of the molecule is CCOC(=O)c1cc(-c2ccc(Cl)cc2)n(CCC(=O)N/N=C/c2ccccc2O)c1C. The van der Waals surface area contributed by atoms with Gasteiger partial charge in [-0.05, 0) is 49.7 Å². The van der Waals surface area contributed by atoms with Crippen LogP contribution in [0.3, 0.4) is 0 Å². The van der Waals surface area contributed by atoms with Crippen LogP contribution in [0.25, 0.3) is 11.3 Å². The van der Waals surface area contributed by atoms with Crippen molar-refractivity contribution in [3.8, 4) is 17.0 Å². The summed E-state index contributed by atoms with van der Waals surface area (Å²) in [6.45, 7) is 4.18. The first-order valence-electron chi connectivity index (χ1n) is 10.1. The molecule has 0 atom stereocenters. The largest absolute Gasteiger partial charge is 0.507 e. The summed E-state index contributed by atoms with van der Waals surface area (Å²) in [7, 11) is 0. The Balaban J connectivity index is 1.77. The van der Waals surface area contributed by atoms with Crippen LogP contribution in [0.5, 0.6) is 5.75 Å². The van der Waals surface area contributed by atoms with Crippen molar-refractivity contribution >= 4 is 29.7 Å². The van der Waals surface area contributed by atoms with Crippen molar-refractivity contribution in [2.24, 2.45) is 5.10 Å². The van der Waals surface area contributed by atoms with E-state index in [1.165, 1.54) is 12.3 Å². The van der Waals surface area contributed by atoms with Crippen molar-refractivity contribution in [3.05, 3.63) is 76.4 Å². The number of rotatable bonds is 8. The average molecular weight is 454 g/mol. The van der Waals surface area contributed by atoms with Gasteiger partial charge in [0.05, 0.1) is 18.4 Å². The second-order valence-corrected chi connectivity index (χ2v) is 7.45. The predicted molar refractivity (Wildman–Crippen MR) is 124 cm³/mol. The van der Waals surface area contributed by atoms with Crippen LogP contribution in [0, 0.1) is 6.92 Å². The maximum absolute atomic E-state index is 12.4. The number of halogens is 1. The summed E-state index contributed by atoms with van der Waals surface area (Å²) in [5.74, 6) is -0.632. The van der Waals surface area contributed by atoms with Crippen molar-refractivity contribution in [2.45, 2.75) is 26.8 Å². The maximum Gasteiger partial charge on any atom is 0.339 e. The van der Waals surface area contributed by atoms with Gasteiger partial charge in [-0.15, -0.1) is 0 Å². The molecule has 7 nitrogen and oxygen atoms in total. The summed E-state index contributed by atoms with van der Waals surface area (Å²) in [4.78, 5) is 24.7. The number of hydrazone groups is 1. The Hall–Kier alpha value is -3.58. The van der Waals surface area contributed by atoms with Crippen LogP contribution in [0.4, 0.5) is 0 Å². The van der Waals surface area contributed by atoms with Gasteiger partial charge in [-0.1, -0.05) is 35.9 Å². The summed E-state index contributed by atoms with van der Waals surface area (Å²) in [6, 6.07) is 15.7. The van der Waals surface area contributed by atoms with E-state index in [1.54, 1.807) is 43.3 Å². The molecule has 0 aliphatic heterocycles. The monoisotopic (exact) mass is 453 g/mol. The smallest absolute Gasteiger partial charge is 0.339 e. The molecule has 32 heavy (non-hydrogen) atoms. The second-order valence-electron chi connectivity index (χ2n) is 7.01. The summed E-state index contributed by atoms with van der Waals surface area (Å²) in [6.07, 6.45) is 1.52. The lowest BCUT2D eigenvalue weighted by molar-refractivity contribution is -0.121. The Morgan fingerprint density at radius 1 is 1.19 bits per heavy atom. The van der Waals surface area contributed by atoms with Gasteiger partial charge in [-0.2, -0.15) is 5.10 Å². The zero-order valence-electron chi connectivity index (χ0n) is 17.8. The van der Waals surface area contributed by atoms with Crippen LogP contribution >= 0.6 is 11.6 Å². The van der Waals surface area contributed by atoms with E-state index >= 15 is 0 Å². The third kappa shape index (κ3) is 5.56. The zero-order chi connectivity index (χ0) is 23.1. The number of nitrogens with zero attached hydrogens (tertiary/aromatic N) is 2. The predicted octanol–water partition coefficient (Wildman–Crippen LogP) is 4.54. The molecule has 0 radical (unpaired) electrons. The third-order valence-corrected chi connectivity index (χ3v) is 5.15. The highest BCUT2D eigenvalue weighted by atomic mass is 35.5. The average Bonchev–Trinajstić information content (AvgIpc) is 3.10. The molecule has 0 saturated carbocycles. The number of phenols is 1. The van der Waals surface area contributed by atoms with Crippen molar-refractivity contribution < 1.29 is 19.4 Å². The molecule has 2 aromatic carbocycles. The van der Waals surface area contributed by atoms with E-state index in [-0.39, 0.29) is 24.7 Å². The van der Waals surface area contributed by atoms with Gasteiger partial charge >= 0.3 is 5.97 Å². The molecule has 0 bridgehead atoms. The Bertz CT molecular complexity index is 1140. The molecule has 3 aromatic rings. The van der Waals surface area contributed by atoms with E-state index in [0.29, 0.717) is 28.4 Å².